The van der Waals surface area contributed by atoms with E-state index in [1.54, 1.807) is 30.5 Å². The maximum absolute atomic E-state index is 12.7. The minimum atomic E-state index is -0.330. The van der Waals surface area contributed by atoms with Crippen molar-refractivity contribution in [2.45, 2.75) is 6.61 Å². The quantitative estimate of drug-likeness (QED) is 0.306. The summed E-state index contributed by atoms with van der Waals surface area (Å²) in [6.45, 7) is 0.419. The first-order chi connectivity index (χ1) is 17.1. The van der Waals surface area contributed by atoms with Crippen molar-refractivity contribution in [3.63, 3.8) is 0 Å². The van der Waals surface area contributed by atoms with Crippen molar-refractivity contribution in [2.24, 2.45) is 0 Å². The minimum absolute atomic E-state index is 0.185. The van der Waals surface area contributed by atoms with Gasteiger partial charge in [-0.05, 0) is 72.4 Å². The summed E-state index contributed by atoms with van der Waals surface area (Å²) in [6.07, 6.45) is 1.67. The second-order valence-electron chi connectivity index (χ2n) is 7.63. The lowest BCUT2D eigenvalue weighted by atomic mass is 10.2. The number of hydrogen-bond acceptors (Lipinski definition) is 6. The van der Waals surface area contributed by atoms with Crippen LogP contribution < -0.4 is 15.4 Å². The van der Waals surface area contributed by atoms with Crippen molar-refractivity contribution in [3.05, 3.63) is 108 Å². The van der Waals surface area contributed by atoms with E-state index in [0.29, 0.717) is 40.7 Å². The molecule has 0 aliphatic carbocycles. The van der Waals surface area contributed by atoms with Crippen LogP contribution in [0.3, 0.4) is 0 Å². The normalized spacial score (nSPS) is 10.6. The number of ether oxygens (including phenoxy) is 1. The van der Waals surface area contributed by atoms with Crippen LogP contribution in [0.25, 0.3) is 22.7 Å². The number of nitrogens with zero attached hydrogens (tertiary/aromatic N) is 2. The van der Waals surface area contributed by atoms with Gasteiger partial charge in [-0.2, -0.15) is 4.98 Å². The fourth-order valence-electron chi connectivity index (χ4n) is 3.39. The fraction of sp³-hybridized carbons (Fsp3) is 0.0370. The molecule has 7 nitrogen and oxygen atoms in total. The molecule has 0 atom stereocenters. The number of pyridine rings is 1. The third-order valence-corrected chi connectivity index (χ3v) is 5.33. The monoisotopic (exact) mass is 480 g/mol. The molecule has 2 heterocycles. The fourth-order valence-corrected chi connectivity index (χ4v) is 3.60. The van der Waals surface area contributed by atoms with Crippen LogP contribution in [-0.2, 0) is 6.61 Å². The predicted molar refractivity (Wildman–Crippen MR) is 138 cm³/mol. The van der Waals surface area contributed by atoms with Gasteiger partial charge in [-0.3, -0.25) is 10.1 Å². The summed E-state index contributed by atoms with van der Waals surface area (Å²) < 4.78 is 11.5. The number of rotatable bonds is 6. The number of anilines is 1. The first-order valence-corrected chi connectivity index (χ1v) is 11.3. The number of aromatic nitrogens is 2. The number of carbonyl (C=O) groups is 1. The molecule has 172 valence electrons. The molecule has 0 spiro atoms. The highest BCUT2D eigenvalue weighted by molar-refractivity contribution is 7.80. The first kappa shape index (κ1) is 22.2. The average molecular weight is 481 g/mol. The molecule has 0 radical (unpaired) electrons. The molecule has 2 N–H and O–H groups in total. The molecule has 8 heteroatoms. The smallest absolute Gasteiger partial charge is 0.257 e. The molecule has 1 amide bonds. The van der Waals surface area contributed by atoms with Gasteiger partial charge in [0.05, 0.1) is 0 Å². The Morgan fingerprint density at radius 2 is 1.77 bits per heavy atom. The number of oxazole rings is 1. The Hall–Kier alpha value is -4.56. The lowest BCUT2D eigenvalue weighted by molar-refractivity contribution is 0.0977. The van der Waals surface area contributed by atoms with Crippen LogP contribution >= 0.6 is 12.2 Å². The number of benzene rings is 3. The van der Waals surface area contributed by atoms with Crippen LogP contribution in [-0.4, -0.2) is 21.0 Å². The number of carbonyl (C=O) groups excluding carboxylic acids is 1. The first-order valence-electron chi connectivity index (χ1n) is 10.9. The molecular weight excluding hydrogens is 460 g/mol. The summed E-state index contributed by atoms with van der Waals surface area (Å²) in [5, 5.41) is 5.90. The Kier molecular flexibility index (Phi) is 6.45. The van der Waals surface area contributed by atoms with Gasteiger partial charge >= 0.3 is 0 Å². The SMILES string of the molecule is O=C(NC(=S)Nc1ccc(-c2nc3ncccc3o2)cc1)c1cccc(OCc2ccccc2)c1. The predicted octanol–water partition coefficient (Wildman–Crippen LogP) is 5.60. The van der Waals surface area contributed by atoms with Crippen LogP contribution in [0, 0.1) is 0 Å². The van der Waals surface area contributed by atoms with Crippen molar-refractivity contribution in [3.8, 4) is 17.2 Å². The third-order valence-electron chi connectivity index (χ3n) is 5.13. The molecule has 0 aliphatic rings. The van der Waals surface area contributed by atoms with Crippen molar-refractivity contribution in [2.75, 3.05) is 5.32 Å². The maximum atomic E-state index is 12.7. The molecule has 35 heavy (non-hydrogen) atoms. The minimum Gasteiger partial charge on any atom is -0.489 e. The molecule has 0 fully saturated rings. The summed E-state index contributed by atoms with van der Waals surface area (Å²) in [5.74, 6) is 0.754. The van der Waals surface area contributed by atoms with E-state index in [0.717, 1.165) is 11.1 Å². The van der Waals surface area contributed by atoms with Crippen LogP contribution in [0.5, 0.6) is 5.75 Å². The van der Waals surface area contributed by atoms with Gasteiger partial charge in [0.1, 0.15) is 12.4 Å². The highest BCUT2D eigenvalue weighted by Gasteiger charge is 2.11. The van der Waals surface area contributed by atoms with Gasteiger partial charge in [-0.15, -0.1) is 0 Å². The van der Waals surface area contributed by atoms with E-state index in [9.17, 15) is 4.79 Å². The second kappa shape index (κ2) is 10.1. The van der Waals surface area contributed by atoms with E-state index in [-0.39, 0.29) is 11.0 Å². The standard InChI is InChI=1S/C27H20N4O3S/c32-25(20-8-4-9-22(16-20)33-17-18-6-2-1-3-7-18)31-27(35)29-21-13-11-19(12-14-21)26-30-24-23(34-26)10-5-15-28-24/h1-16H,17H2,(H2,29,31,32,35). The third kappa shape index (κ3) is 5.51. The van der Waals surface area contributed by atoms with Gasteiger partial charge in [-0.1, -0.05) is 36.4 Å². The average Bonchev–Trinajstić information content (AvgIpc) is 3.33. The van der Waals surface area contributed by atoms with E-state index in [1.165, 1.54) is 0 Å². The van der Waals surface area contributed by atoms with E-state index in [1.807, 2.05) is 66.7 Å². The molecule has 5 rings (SSSR count). The summed E-state index contributed by atoms with van der Waals surface area (Å²) in [4.78, 5) is 21.3. The Bertz CT molecular complexity index is 1450. The Balaban J connectivity index is 1.18. The van der Waals surface area contributed by atoms with Crippen molar-refractivity contribution in [1.29, 1.82) is 0 Å². The van der Waals surface area contributed by atoms with Crippen molar-refractivity contribution < 1.29 is 13.9 Å². The Morgan fingerprint density at radius 1 is 0.943 bits per heavy atom. The van der Waals surface area contributed by atoms with Gasteiger partial charge in [0.2, 0.25) is 5.89 Å². The number of amides is 1. The van der Waals surface area contributed by atoms with Crippen LogP contribution in [0.2, 0.25) is 0 Å². The van der Waals surface area contributed by atoms with E-state index < -0.39 is 0 Å². The van der Waals surface area contributed by atoms with Crippen molar-refractivity contribution in [1.82, 2.24) is 15.3 Å². The van der Waals surface area contributed by atoms with Crippen molar-refractivity contribution >= 4 is 40.2 Å². The topological polar surface area (TPSA) is 89.3 Å². The van der Waals surface area contributed by atoms with Crippen LogP contribution in [0.4, 0.5) is 5.69 Å². The van der Waals surface area contributed by atoms with Gasteiger partial charge in [0.25, 0.3) is 5.91 Å². The summed E-state index contributed by atoms with van der Waals surface area (Å²) in [7, 11) is 0. The number of thiocarbonyl (C=S) groups is 1. The molecule has 2 aromatic heterocycles. The van der Waals surface area contributed by atoms with Gasteiger partial charge in [0, 0.05) is 23.0 Å². The highest BCUT2D eigenvalue weighted by atomic mass is 32.1. The molecule has 3 aromatic carbocycles. The number of hydrogen-bond donors (Lipinski definition) is 2. The zero-order valence-electron chi connectivity index (χ0n) is 18.5. The molecule has 0 bridgehead atoms. The molecule has 0 unspecified atom stereocenters. The van der Waals surface area contributed by atoms with Gasteiger partial charge in [0.15, 0.2) is 16.3 Å². The van der Waals surface area contributed by atoms with E-state index in [4.69, 9.17) is 21.4 Å². The van der Waals surface area contributed by atoms with Gasteiger partial charge in [-0.25, -0.2) is 4.98 Å². The second-order valence-corrected chi connectivity index (χ2v) is 8.04. The lowest BCUT2D eigenvalue weighted by Crippen LogP contribution is -2.34. The molecule has 5 aromatic rings. The Morgan fingerprint density at radius 3 is 2.57 bits per heavy atom. The van der Waals surface area contributed by atoms with Crippen LogP contribution in [0.1, 0.15) is 15.9 Å². The lowest BCUT2D eigenvalue weighted by Gasteiger charge is -2.11. The Labute approximate surface area is 206 Å². The molecule has 0 saturated carbocycles. The summed E-state index contributed by atoms with van der Waals surface area (Å²) in [5.41, 5.74) is 4.20. The summed E-state index contributed by atoms with van der Waals surface area (Å²) >= 11 is 5.32. The zero-order chi connectivity index (χ0) is 24.0. The largest absolute Gasteiger partial charge is 0.489 e. The summed E-state index contributed by atoms with van der Waals surface area (Å²) in [6, 6.07) is 27.8. The van der Waals surface area contributed by atoms with Gasteiger partial charge < -0.3 is 14.5 Å². The number of nitrogens with one attached hydrogen (secondary N) is 2. The molecule has 0 saturated heterocycles. The molecule has 0 aliphatic heterocycles. The van der Waals surface area contributed by atoms with E-state index >= 15 is 0 Å². The molecular formula is C27H20N4O3S. The highest BCUT2D eigenvalue weighted by Crippen LogP contribution is 2.24. The van der Waals surface area contributed by atoms with Crippen LogP contribution in [0.15, 0.2) is 102 Å². The maximum Gasteiger partial charge on any atom is 0.257 e. The number of fused-ring (bicyclic) bond motifs is 1. The zero-order valence-corrected chi connectivity index (χ0v) is 19.3. The van der Waals surface area contributed by atoms with E-state index in [2.05, 4.69) is 20.6 Å².